The van der Waals surface area contributed by atoms with Gasteiger partial charge in [0, 0.05) is 25.7 Å². The monoisotopic (exact) mass is 329 g/mol. The van der Waals surface area contributed by atoms with E-state index in [1.54, 1.807) is 12.3 Å². The Kier molecular flexibility index (Phi) is 5.51. The molecule has 2 atom stereocenters. The number of hydrogen-bond acceptors (Lipinski definition) is 4. The second kappa shape index (κ2) is 7.99. The highest BCUT2D eigenvalue weighted by atomic mass is 16.3. The fourth-order valence-corrected chi connectivity index (χ4v) is 3.04. The van der Waals surface area contributed by atoms with Crippen molar-refractivity contribution < 1.29 is 14.3 Å². The molecule has 1 fully saturated rings. The number of amides is 2. The first-order valence-electron chi connectivity index (χ1n) is 8.21. The van der Waals surface area contributed by atoms with Crippen LogP contribution in [-0.4, -0.2) is 41.3 Å². The predicted molar refractivity (Wildman–Crippen MR) is 90.2 cm³/mol. The number of furan rings is 1. The van der Waals surface area contributed by atoms with Crippen molar-refractivity contribution in [3.63, 3.8) is 0 Å². The maximum atomic E-state index is 11.9. The molecule has 1 aromatic heterocycles. The van der Waals surface area contributed by atoms with Gasteiger partial charge in [0.25, 0.3) is 0 Å². The standard InChI is InChI=1S/C18H23N3O3/c22-16-9-15(21(13-16)12-14-5-2-1-3-6-14)10-19-18(23)20-11-17-7-4-8-24-17/h1-8,15-16,22H,9-13H2,(H2,19,20,23). The van der Waals surface area contributed by atoms with Crippen molar-refractivity contribution in [3.8, 4) is 0 Å². The van der Waals surface area contributed by atoms with Crippen LogP contribution in [0.25, 0.3) is 0 Å². The van der Waals surface area contributed by atoms with E-state index in [-0.39, 0.29) is 18.2 Å². The molecular formula is C18H23N3O3. The Morgan fingerprint density at radius 3 is 2.79 bits per heavy atom. The predicted octanol–water partition coefficient (Wildman–Crippen LogP) is 1.71. The van der Waals surface area contributed by atoms with Gasteiger partial charge in [-0.05, 0) is 24.1 Å². The molecule has 24 heavy (non-hydrogen) atoms. The molecule has 6 nitrogen and oxygen atoms in total. The van der Waals surface area contributed by atoms with Crippen LogP contribution in [0.5, 0.6) is 0 Å². The van der Waals surface area contributed by atoms with Crippen LogP contribution in [0.4, 0.5) is 4.79 Å². The molecule has 2 aromatic rings. The van der Waals surface area contributed by atoms with Gasteiger partial charge in [-0.15, -0.1) is 0 Å². The number of nitrogens with zero attached hydrogens (tertiary/aromatic N) is 1. The average Bonchev–Trinajstić information content (AvgIpc) is 3.22. The van der Waals surface area contributed by atoms with Crippen LogP contribution < -0.4 is 10.6 Å². The van der Waals surface area contributed by atoms with Crippen LogP contribution in [-0.2, 0) is 13.1 Å². The Hall–Kier alpha value is -2.31. The summed E-state index contributed by atoms with van der Waals surface area (Å²) in [5.41, 5.74) is 1.21. The number of rotatable bonds is 6. The fourth-order valence-electron chi connectivity index (χ4n) is 3.04. The zero-order chi connectivity index (χ0) is 16.8. The Balaban J connectivity index is 1.46. The number of β-amino-alcohol motifs (C(OH)–C–C–N with tert-alkyl or cyclic N) is 1. The molecule has 3 rings (SSSR count). The Bertz CT molecular complexity index is 630. The van der Waals surface area contributed by atoms with E-state index in [0.29, 0.717) is 31.8 Å². The van der Waals surface area contributed by atoms with E-state index in [9.17, 15) is 9.90 Å². The first kappa shape index (κ1) is 16.5. The lowest BCUT2D eigenvalue weighted by atomic mass is 10.1. The van der Waals surface area contributed by atoms with Gasteiger partial charge in [0.15, 0.2) is 0 Å². The lowest BCUT2D eigenvalue weighted by Gasteiger charge is -2.24. The highest BCUT2D eigenvalue weighted by molar-refractivity contribution is 5.73. The SMILES string of the molecule is O=C(NCc1ccco1)NCC1CC(O)CN1Cc1ccccc1. The molecule has 2 heterocycles. The van der Waals surface area contributed by atoms with Crippen molar-refractivity contribution in [1.82, 2.24) is 15.5 Å². The molecule has 1 aromatic carbocycles. The molecule has 0 bridgehead atoms. The molecule has 1 aliphatic rings. The van der Waals surface area contributed by atoms with Crippen molar-refractivity contribution >= 4 is 6.03 Å². The summed E-state index contributed by atoms with van der Waals surface area (Å²) in [4.78, 5) is 14.1. The Morgan fingerprint density at radius 1 is 1.21 bits per heavy atom. The van der Waals surface area contributed by atoms with Crippen LogP contribution in [0.3, 0.4) is 0 Å². The molecule has 2 amide bonds. The van der Waals surface area contributed by atoms with E-state index in [1.807, 2.05) is 24.3 Å². The van der Waals surface area contributed by atoms with Crippen molar-refractivity contribution in [2.75, 3.05) is 13.1 Å². The third kappa shape index (κ3) is 4.59. The van der Waals surface area contributed by atoms with Crippen LogP contribution in [0.1, 0.15) is 17.7 Å². The quantitative estimate of drug-likeness (QED) is 0.754. The van der Waals surface area contributed by atoms with Gasteiger partial charge in [0.2, 0.25) is 0 Å². The lowest BCUT2D eigenvalue weighted by Crippen LogP contribution is -2.43. The summed E-state index contributed by atoms with van der Waals surface area (Å²) in [6, 6.07) is 13.7. The third-order valence-corrected chi connectivity index (χ3v) is 4.24. The molecule has 2 unspecified atom stereocenters. The summed E-state index contributed by atoms with van der Waals surface area (Å²) >= 11 is 0. The highest BCUT2D eigenvalue weighted by Gasteiger charge is 2.30. The number of benzene rings is 1. The van der Waals surface area contributed by atoms with Gasteiger partial charge < -0.3 is 20.2 Å². The van der Waals surface area contributed by atoms with E-state index in [2.05, 4.69) is 27.7 Å². The second-order valence-corrected chi connectivity index (χ2v) is 6.10. The van der Waals surface area contributed by atoms with Crippen molar-refractivity contribution in [2.45, 2.75) is 31.7 Å². The summed E-state index contributed by atoms with van der Waals surface area (Å²) < 4.78 is 5.18. The molecule has 0 saturated carbocycles. The number of hydrogen-bond donors (Lipinski definition) is 3. The van der Waals surface area contributed by atoms with Gasteiger partial charge in [0.05, 0.1) is 18.9 Å². The van der Waals surface area contributed by atoms with Gasteiger partial charge >= 0.3 is 6.03 Å². The van der Waals surface area contributed by atoms with E-state index in [0.717, 1.165) is 6.54 Å². The number of likely N-dealkylation sites (tertiary alicyclic amines) is 1. The highest BCUT2D eigenvalue weighted by Crippen LogP contribution is 2.20. The van der Waals surface area contributed by atoms with E-state index >= 15 is 0 Å². The molecular weight excluding hydrogens is 306 g/mol. The number of carbonyl (C=O) groups is 1. The molecule has 1 saturated heterocycles. The molecule has 6 heteroatoms. The minimum atomic E-state index is -0.341. The van der Waals surface area contributed by atoms with Gasteiger partial charge in [0.1, 0.15) is 5.76 Å². The number of aliphatic hydroxyl groups is 1. The molecule has 0 spiro atoms. The van der Waals surface area contributed by atoms with Crippen LogP contribution in [0.2, 0.25) is 0 Å². The molecule has 3 N–H and O–H groups in total. The average molecular weight is 329 g/mol. The summed E-state index contributed by atoms with van der Waals surface area (Å²) in [6.07, 6.45) is 1.91. The zero-order valence-corrected chi connectivity index (χ0v) is 13.5. The van der Waals surface area contributed by atoms with Crippen molar-refractivity contribution in [1.29, 1.82) is 0 Å². The minimum Gasteiger partial charge on any atom is -0.467 e. The summed E-state index contributed by atoms with van der Waals surface area (Å²) in [6.45, 7) is 2.28. The second-order valence-electron chi connectivity index (χ2n) is 6.10. The number of carbonyl (C=O) groups excluding carboxylic acids is 1. The van der Waals surface area contributed by atoms with Gasteiger partial charge in [-0.2, -0.15) is 0 Å². The van der Waals surface area contributed by atoms with Crippen LogP contribution in [0.15, 0.2) is 53.1 Å². The van der Waals surface area contributed by atoms with Crippen molar-refractivity contribution in [2.24, 2.45) is 0 Å². The smallest absolute Gasteiger partial charge is 0.315 e. The van der Waals surface area contributed by atoms with Crippen LogP contribution in [0, 0.1) is 0 Å². The van der Waals surface area contributed by atoms with Crippen molar-refractivity contribution in [3.05, 3.63) is 60.1 Å². The molecule has 0 radical (unpaired) electrons. The maximum Gasteiger partial charge on any atom is 0.315 e. The normalized spacial score (nSPS) is 20.9. The zero-order valence-electron chi connectivity index (χ0n) is 13.5. The van der Waals surface area contributed by atoms with E-state index in [4.69, 9.17) is 4.42 Å². The lowest BCUT2D eigenvalue weighted by molar-refractivity contribution is 0.172. The first-order valence-corrected chi connectivity index (χ1v) is 8.21. The van der Waals surface area contributed by atoms with E-state index in [1.165, 1.54) is 5.56 Å². The minimum absolute atomic E-state index is 0.134. The summed E-state index contributed by atoms with van der Waals surface area (Å²) in [5.74, 6) is 0.715. The van der Waals surface area contributed by atoms with Gasteiger partial charge in [-0.25, -0.2) is 4.79 Å². The van der Waals surface area contributed by atoms with Gasteiger partial charge in [-0.1, -0.05) is 30.3 Å². The first-order chi connectivity index (χ1) is 11.7. The fraction of sp³-hybridized carbons (Fsp3) is 0.389. The third-order valence-electron chi connectivity index (χ3n) is 4.24. The van der Waals surface area contributed by atoms with Gasteiger partial charge in [-0.3, -0.25) is 4.90 Å². The number of urea groups is 1. The summed E-state index contributed by atoms with van der Waals surface area (Å²) in [5, 5.41) is 15.6. The van der Waals surface area contributed by atoms with E-state index < -0.39 is 0 Å². The molecule has 1 aliphatic heterocycles. The Labute approximate surface area is 141 Å². The molecule has 128 valence electrons. The summed E-state index contributed by atoms with van der Waals surface area (Å²) in [7, 11) is 0. The number of nitrogens with one attached hydrogen (secondary N) is 2. The Morgan fingerprint density at radius 2 is 2.04 bits per heavy atom. The maximum absolute atomic E-state index is 11.9. The largest absolute Gasteiger partial charge is 0.467 e. The van der Waals surface area contributed by atoms with Crippen LogP contribution >= 0.6 is 0 Å². The number of aliphatic hydroxyl groups excluding tert-OH is 1. The topological polar surface area (TPSA) is 77.7 Å². The molecule has 0 aliphatic carbocycles.